The Morgan fingerprint density at radius 2 is 2.17 bits per heavy atom. The van der Waals surface area contributed by atoms with E-state index in [1.54, 1.807) is 12.0 Å². The molecule has 2 unspecified atom stereocenters. The summed E-state index contributed by atoms with van der Waals surface area (Å²) in [6, 6.07) is 7.80. The molecule has 0 spiro atoms. The van der Waals surface area contributed by atoms with Crippen LogP contribution < -0.4 is 16.0 Å². The molecule has 0 radical (unpaired) electrons. The third kappa shape index (κ3) is 4.59. The van der Waals surface area contributed by atoms with Crippen molar-refractivity contribution >= 4 is 6.09 Å². The van der Waals surface area contributed by atoms with Gasteiger partial charge >= 0.3 is 6.09 Å². The SMILES string of the molecule is COc1cccc(C(NN)C2CCN(C(=O)OC(C)(C)C)C2)c1. The minimum Gasteiger partial charge on any atom is -0.497 e. The summed E-state index contributed by atoms with van der Waals surface area (Å²) in [4.78, 5) is 13.9. The van der Waals surface area contributed by atoms with Crippen molar-refractivity contribution in [2.45, 2.75) is 38.8 Å². The lowest BCUT2D eigenvalue weighted by Gasteiger charge is -2.26. The second-order valence-electron chi connectivity index (χ2n) is 6.90. The number of likely N-dealkylation sites (tertiary alicyclic amines) is 1. The quantitative estimate of drug-likeness (QED) is 0.658. The molecule has 1 fully saturated rings. The van der Waals surface area contributed by atoms with Gasteiger partial charge in [0.05, 0.1) is 13.2 Å². The molecular weight excluding hydrogens is 294 g/mol. The second-order valence-corrected chi connectivity index (χ2v) is 6.90. The number of nitrogens with zero attached hydrogens (tertiary/aromatic N) is 1. The van der Waals surface area contributed by atoms with Crippen LogP contribution in [0.3, 0.4) is 0 Å². The van der Waals surface area contributed by atoms with Crippen LogP contribution in [0.15, 0.2) is 24.3 Å². The van der Waals surface area contributed by atoms with Gasteiger partial charge in [0.2, 0.25) is 0 Å². The van der Waals surface area contributed by atoms with E-state index < -0.39 is 5.60 Å². The molecule has 1 aromatic carbocycles. The molecule has 0 bridgehead atoms. The zero-order chi connectivity index (χ0) is 17.0. The van der Waals surface area contributed by atoms with E-state index in [2.05, 4.69) is 5.43 Å². The van der Waals surface area contributed by atoms with Crippen LogP contribution in [0.1, 0.15) is 38.8 Å². The fourth-order valence-corrected chi connectivity index (χ4v) is 2.89. The number of amides is 1. The molecule has 1 amide bonds. The van der Waals surface area contributed by atoms with Crippen LogP contribution in [-0.4, -0.2) is 36.8 Å². The number of hydrogen-bond acceptors (Lipinski definition) is 5. The van der Waals surface area contributed by atoms with Crippen LogP contribution in [0.4, 0.5) is 4.79 Å². The molecule has 1 aliphatic heterocycles. The van der Waals surface area contributed by atoms with Crippen molar-refractivity contribution in [3.63, 3.8) is 0 Å². The summed E-state index contributed by atoms with van der Waals surface area (Å²) in [5.41, 5.74) is 3.46. The number of carbonyl (C=O) groups excluding carboxylic acids is 1. The summed E-state index contributed by atoms with van der Waals surface area (Å²) in [6.07, 6.45) is 0.618. The zero-order valence-electron chi connectivity index (χ0n) is 14.3. The maximum atomic E-state index is 12.2. The summed E-state index contributed by atoms with van der Waals surface area (Å²) in [5, 5.41) is 0. The van der Waals surface area contributed by atoms with Crippen molar-refractivity contribution in [3.05, 3.63) is 29.8 Å². The van der Waals surface area contributed by atoms with Gasteiger partial charge in [0.1, 0.15) is 11.4 Å². The van der Waals surface area contributed by atoms with Crippen molar-refractivity contribution in [1.29, 1.82) is 0 Å². The van der Waals surface area contributed by atoms with Crippen molar-refractivity contribution in [1.82, 2.24) is 10.3 Å². The fourth-order valence-electron chi connectivity index (χ4n) is 2.89. The van der Waals surface area contributed by atoms with E-state index >= 15 is 0 Å². The van der Waals surface area contributed by atoms with E-state index in [-0.39, 0.29) is 18.1 Å². The number of ether oxygens (including phenoxy) is 2. The lowest BCUT2D eigenvalue weighted by atomic mass is 9.92. The molecule has 1 aliphatic rings. The number of rotatable bonds is 4. The van der Waals surface area contributed by atoms with E-state index in [9.17, 15) is 4.79 Å². The predicted octanol–water partition coefficient (Wildman–Crippen LogP) is 2.46. The number of methoxy groups -OCH3 is 1. The van der Waals surface area contributed by atoms with Gasteiger partial charge in [-0.15, -0.1) is 0 Å². The first kappa shape index (κ1) is 17.6. The molecule has 2 rings (SSSR count). The van der Waals surface area contributed by atoms with Crippen LogP contribution >= 0.6 is 0 Å². The Hall–Kier alpha value is -1.79. The van der Waals surface area contributed by atoms with Gasteiger partial charge in [-0.25, -0.2) is 4.79 Å². The Kier molecular flexibility index (Phi) is 5.49. The van der Waals surface area contributed by atoms with Crippen molar-refractivity contribution in [3.8, 4) is 5.75 Å². The number of benzene rings is 1. The van der Waals surface area contributed by atoms with E-state index in [1.807, 2.05) is 45.0 Å². The van der Waals surface area contributed by atoms with Gasteiger partial charge in [-0.2, -0.15) is 0 Å². The molecular formula is C17H27N3O3. The van der Waals surface area contributed by atoms with Crippen LogP contribution in [-0.2, 0) is 4.74 Å². The van der Waals surface area contributed by atoms with Gasteiger partial charge in [0.25, 0.3) is 0 Å². The second kappa shape index (κ2) is 7.19. The summed E-state index contributed by atoms with van der Waals surface area (Å²) in [5.74, 6) is 6.81. The Bertz CT molecular complexity index is 542. The molecule has 2 atom stereocenters. The smallest absolute Gasteiger partial charge is 0.410 e. The molecule has 6 heteroatoms. The standard InChI is InChI=1S/C17H27N3O3/c1-17(2,3)23-16(21)20-9-8-13(11-20)15(19-18)12-6-5-7-14(10-12)22-4/h5-7,10,13,15,19H,8-9,11,18H2,1-4H3. The number of nitrogens with two attached hydrogens (primary N) is 1. The van der Waals surface area contributed by atoms with E-state index in [4.69, 9.17) is 15.3 Å². The molecule has 1 aromatic rings. The molecule has 0 aromatic heterocycles. The monoisotopic (exact) mass is 321 g/mol. The Labute approximate surface area is 137 Å². The van der Waals surface area contributed by atoms with Gasteiger partial charge in [-0.05, 0) is 50.8 Å². The number of carbonyl (C=O) groups is 1. The molecule has 0 saturated carbocycles. The van der Waals surface area contributed by atoms with Gasteiger partial charge in [-0.1, -0.05) is 12.1 Å². The van der Waals surface area contributed by atoms with E-state index in [0.717, 1.165) is 17.7 Å². The number of nitrogens with one attached hydrogen (secondary N) is 1. The van der Waals surface area contributed by atoms with Gasteiger partial charge < -0.3 is 14.4 Å². The fraction of sp³-hybridized carbons (Fsp3) is 0.588. The zero-order valence-corrected chi connectivity index (χ0v) is 14.3. The number of hydrazine groups is 1. The van der Waals surface area contributed by atoms with Crippen molar-refractivity contribution in [2.75, 3.05) is 20.2 Å². The lowest BCUT2D eigenvalue weighted by molar-refractivity contribution is 0.0285. The summed E-state index contributed by atoms with van der Waals surface area (Å²) in [7, 11) is 1.64. The Morgan fingerprint density at radius 3 is 2.78 bits per heavy atom. The summed E-state index contributed by atoms with van der Waals surface area (Å²) in [6.45, 7) is 6.93. The van der Waals surface area contributed by atoms with Crippen LogP contribution in [0.25, 0.3) is 0 Å². The maximum absolute atomic E-state index is 12.2. The molecule has 128 valence electrons. The maximum Gasteiger partial charge on any atom is 0.410 e. The highest BCUT2D eigenvalue weighted by molar-refractivity contribution is 5.68. The number of hydrogen-bond donors (Lipinski definition) is 2. The predicted molar refractivity (Wildman–Crippen MR) is 89.0 cm³/mol. The van der Waals surface area contributed by atoms with Gasteiger partial charge in [-0.3, -0.25) is 11.3 Å². The third-order valence-corrected chi connectivity index (χ3v) is 3.98. The molecule has 1 heterocycles. The summed E-state index contributed by atoms with van der Waals surface area (Å²) >= 11 is 0. The first-order valence-corrected chi connectivity index (χ1v) is 7.92. The average Bonchev–Trinajstić information content (AvgIpc) is 2.96. The van der Waals surface area contributed by atoms with Crippen molar-refractivity contribution in [2.24, 2.45) is 11.8 Å². The highest BCUT2D eigenvalue weighted by Gasteiger charge is 2.34. The average molecular weight is 321 g/mol. The Morgan fingerprint density at radius 1 is 1.43 bits per heavy atom. The Balaban J connectivity index is 2.05. The van der Waals surface area contributed by atoms with Gasteiger partial charge in [0.15, 0.2) is 0 Å². The first-order chi connectivity index (χ1) is 10.8. The van der Waals surface area contributed by atoms with E-state index in [1.165, 1.54) is 0 Å². The van der Waals surface area contributed by atoms with E-state index in [0.29, 0.717) is 13.1 Å². The molecule has 6 nitrogen and oxygen atoms in total. The molecule has 3 N–H and O–H groups in total. The normalized spacial score (nSPS) is 19.5. The highest BCUT2D eigenvalue weighted by atomic mass is 16.6. The molecule has 1 saturated heterocycles. The van der Waals surface area contributed by atoms with Crippen LogP contribution in [0.2, 0.25) is 0 Å². The first-order valence-electron chi connectivity index (χ1n) is 7.92. The largest absolute Gasteiger partial charge is 0.497 e. The lowest BCUT2D eigenvalue weighted by Crippen LogP contribution is -2.38. The van der Waals surface area contributed by atoms with Crippen molar-refractivity contribution < 1.29 is 14.3 Å². The molecule has 0 aliphatic carbocycles. The topological polar surface area (TPSA) is 76.8 Å². The van der Waals surface area contributed by atoms with Crippen LogP contribution in [0, 0.1) is 5.92 Å². The summed E-state index contributed by atoms with van der Waals surface area (Å²) < 4.78 is 10.7. The highest BCUT2D eigenvalue weighted by Crippen LogP contribution is 2.31. The minimum atomic E-state index is -0.479. The van der Waals surface area contributed by atoms with Crippen LogP contribution in [0.5, 0.6) is 5.75 Å². The minimum absolute atomic E-state index is 0.0301. The van der Waals surface area contributed by atoms with Gasteiger partial charge in [0, 0.05) is 13.1 Å². The molecule has 23 heavy (non-hydrogen) atoms. The third-order valence-electron chi connectivity index (χ3n) is 3.98.